The molecule has 3 rings (SSSR count). The molecule has 0 amide bonds. The molecule has 0 radical (unpaired) electrons. The number of hydrogen-bond acceptors (Lipinski definition) is 5. The maximum Gasteiger partial charge on any atom is 0.244 e. The highest BCUT2D eigenvalue weighted by molar-refractivity contribution is 7.89. The first-order valence-corrected chi connectivity index (χ1v) is 12.1. The molecule has 1 aromatic carbocycles. The van der Waals surface area contributed by atoms with Crippen molar-refractivity contribution in [2.24, 2.45) is 0 Å². The smallest absolute Gasteiger partial charge is 0.244 e. The zero-order valence-electron chi connectivity index (χ0n) is 16.7. The molecule has 154 valence electrons. The van der Waals surface area contributed by atoms with Gasteiger partial charge in [-0.15, -0.1) is 11.3 Å². The Kier molecular flexibility index (Phi) is 6.49. The third-order valence-electron chi connectivity index (χ3n) is 5.65. The second kappa shape index (κ2) is 8.53. The largest absolute Gasteiger partial charge is 0.495 e. The number of benzene rings is 1. The van der Waals surface area contributed by atoms with Crippen LogP contribution in [-0.4, -0.2) is 27.2 Å². The monoisotopic (exact) mass is 423 g/mol. The summed E-state index contributed by atoms with van der Waals surface area (Å²) in [6.07, 6.45) is 4.31. The zero-order chi connectivity index (χ0) is 20.4. The highest BCUT2D eigenvalue weighted by Crippen LogP contribution is 2.44. The van der Waals surface area contributed by atoms with E-state index in [1.165, 1.54) is 7.11 Å². The Bertz CT molecular complexity index is 912. The number of hydrogen-bond donors (Lipinski definition) is 2. The lowest BCUT2D eigenvalue weighted by Crippen LogP contribution is -2.38. The first-order chi connectivity index (χ1) is 13.3. The molecule has 0 aliphatic heterocycles. The van der Waals surface area contributed by atoms with Crippen LogP contribution in [0.25, 0.3) is 0 Å². The van der Waals surface area contributed by atoms with E-state index in [-0.39, 0.29) is 10.3 Å². The van der Waals surface area contributed by atoms with Crippen LogP contribution in [0.15, 0.2) is 35.2 Å². The third-order valence-corrected chi connectivity index (χ3v) is 8.57. The number of aliphatic hydroxyl groups excluding tert-OH is 1. The van der Waals surface area contributed by atoms with Crippen LogP contribution in [-0.2, 0) is 21.9 Å². The molecule has 0 spiro atoms. The van der Waals surface area contributed by atoms with Gasteiger partial charge in [-0.2, -0.15) is 0 Å². The molecule has 1 unspecified atom stereocenters. The van der Waals surface area contributed by atoms with Gasteiger partial charge >= 0.3 is 0 Å². The number of sulfonamides is 1. The van der Waals surface area contributed by atoms with E-state index >= 15 is 0 Å². The fourth-order valence-corrected chi connectivity index (χ4v) is 6.42. The first-order valence-electron chi connectivity index (χ1n) is 9.76. The van der Waals surface area contributed by atoms with Gasteiger partial charge in [-0.1, -0.05) is 25.8 Å². The van der Waals surface area contributed by atoms with Crippen molar-refractivity contribution in [2.45, 2.75) is 62.4 Å². The second-order valence-corrected chi connectivity index (χ2v) is 10.4. The van der Waals surface area contributed by atoms with Gasteiger partial charge in [0.15, 0.2) is 0 Å². The number of rotatable bonds is 8. The van der Waals surface area contributed by atoms with Crippen molar-refractivity contribution in [2.75, 3.05) is 13.7 Å². The highest BCUT2D eigenvalue weighted by atomic mass is 32.2. The molecule has 1 heterocycles. The minimum absolute atomic E-state index is 0.193. The Hall–Kier alpha value is -1.41. The topological polar surface area (TPSA) is 75.6 Å². The van der Waals surface area contributed by atoms with Gasteiger partial charge in [-0.25, -0.2) is 13.1 Å². The van der Waals surface area contributed by atoms with Crippen LogP contribution in [0.2, 0.25) is 0 Å². The molecule has 1 aliphatic rings. The van der Waals surface area contributed by atoms with Crippen molar-refractivity contribution >= 4 is 21.4 Å². The molecule has 2 aromatic rings. The molecule has 7 heteroatoms. The Morgan fingerprint density at radius 2 is 1.96 bits per heavy atom. The van der Waals surface area contributed by atoms with Crippen LogP contribution in [0.5, 0.6) is 5.75 Å². The summed E-state index contributed by atoms with van der Waals surface area (Å²) in [7, 11) is -2.21. The number of aryl methyl sites for hydroxylation is 1. The number of nitrogens with one attached hydrogen (secondary N) is 1. The Morgan fingerprint density at radius 1 is 1.25 bits per heavy atom. The molecule has 1 saturated carbocycles. The van der Waals surface area contributed by atoms with Gasteiger partial charge in [0.2, 0.25) is 10.0 Å². The number of methoxy groups -OCH3 is 1. The molecule has 5 nitrogen and oxygen atoms in total. The zero-order valence-corrected chi connectivity index (χ0v) is 18.3. The van der Waals surface area contributed by atoms with Gasteiger partial charge in [0.1, 0.15) is 10.6 Å². The SMILES string of the molecule is CCc1ccc(OC)c(S(=O)(=O)NCC2(c3ccc(C(C)O)s3)CCCC2)c1. The van der Waals surface area contributed by atoms with E-state index in [1.807, 2.05) is 25.1 Å². The lowest BCUT2D eigenvalue weighted by Gasteiger charge is -2.28. The van der Waals surface area contributed by atoms with E-state index in [2.05, 4.69) is 4.72 Å². The van der Waals surface area contributed by atoms with Gasteiger partial charge < -0.3 is 9.84 Å². The predicted octanol–water partition coefficient (Wildman–Crippen LogP) is 4.16. The summed E-state index contributed by atoms with van der Waals surface area (Å²) in [5.74, 6) is 0.359. The van der Waals surface area contributed by atoms with E-state index in [9.17, 15) is 13.5 Å². The Balaban J connectivity index is 1.87. The summed E-state index contributed by atoms with van der Waals surface area (Å²) < 4.78 is 34.3. The summed E-state index contributed by atoms with van der Waals surface area (Å²) in [4.78, 5) is 2.26. The molecular formula is C21H29NO4S2. The van der Waals surface area contributed by atoms with Crippen molar-refractivity contribution in [1.29, 1.82) is 0 Å². The van der Waals surface area contributed by atoms with E-state index in [0.29, 0.717) is 12.3 Å². The van der Waals surface area contributed by atoms with Crippen molar-refractivity contribution in [1.82, 2.24) is 4.72 Å². The molecule has 1 fully saturated rings. The molecule has 28 heavy (non-hydrogen) atoms. The normalized spacial score (nSPS) is 17.6. The van der Waals surface area contributed by atoms with Gasteiger partial charge in [0.05, 0.1) is 13.2 Å². The summed E-state index contributed by atoms with van der Waals surface area (Å²) in [6.45, 7) is 4.11. The molecule has 0 bridgehead atoms. The van der Waals surface area contributed by atoms with Crippen LogP contribution >= 0.6 is 11.3 Å². The first kappa shape index (κ1) is 21.3. The number of thiophene rings is 1. The summed E-state index contributed by atoms with van der Waals surface area (Å²) in [6, 6.07) is 9.29. The van der Waals surface area contributed by atoms with Crippen LogP contribution in [0.1, 0.15) is 61.0 Å². The van der Waals surface area contributed by atoms with Crippen molar-refractivity contribution in [3.63, 3.8) is 0 Å². The summed E-state index contributed by atoms with van der Waals surface area (Å²) in [5.41, 5.74) is 0.747. The van der Waals surface area contributed by atoms with Crippen LogP contribution in [0.3, 0.4) is 0 Å². The molecule has 1 aliphatic carbocycles. The maximum absolute atomic E-state index is 13.1. The van der Waals surface area contributed by atoms with E-state index < -0.39 is 16.1 Å². The third kappa shape index (κ3) is 4.27. The maximum atomic E-state index is 13.1. The van der Waals surface area contributed by atoms with E-state index in [0.717, 1.165) is 47.4 Å². The summed E-state index contributed by atoms with van der Waals surface area (Å²) in [5, 5.41) is 9.86. The van der Waals surface area contributed by atoms with Crippen LogP contribution < -0.4 is 9.46 Å². The lowest BCUT2D eigenvalue weighted by molar-refractivity contribution is 0.203. The minimum Gasteiger partial charge on any atom is -0.495 e. The molecule has 1 atom stereocenters. The molecular weight excluding hydrogens is 394 g/mol. The fraction of sp³-hybridized carbons (Fsp3) is 0.524. The number of aliphatic hydroxyl groups is 1. The minimum atomic E-state index is -3.70. The Morgan fingerprint density at radius 3 is 2.54 bits per heavy atom. The molecule has 1 aromatic heterocycles. The van der Waals surface area contributed by atoms with Gasteiger partial charge in [-0.05, 0) is 56.0 Å². The standard InChI is InChI=1S/C21H29NO4S2/c1-4-16-7-8-17(26-3)19(13-16)28(24,25)22-14-21(11-5-6-12-21)20-10-9-18(27-20)15(2)23/h7-10,13,15,22-23H,4-6,11-12,14H2,1-3H3. The Labute approximate surface area is 171 Å². The van der Waals surface area contributed by atoms with Gasteiger partial charge in [0, 0.05) is 21.7 Å². The second-order valence-electron chi connectivity index (χ2n) is 7.53. The van der Waals surface area contributed by atoms with Crippen LogP contribution in [0.4, 0.5) is 0 Å². The molecule has 0 saturated heterocycles. The highest BCUT2D eigenvalue weighted by Gasteiger charge is 2.38. The average Bonchev–Trinajstić information content (AvgIpc) is 3.36. The van der Waals surface area contributed by atoms with Crippen molar-refractivity contribution in [3.05, 3.63) is 45.6 Å². The fourth-order valence-electron chi connectivity index (χ4n) is 3.89. The number of ether oxygens (including phenoxy) is 1. The van der Waals surface area contributed by atoms with E-state index in [1.54, 1.807) is 30.4 Å². The lowest BCUT2D eigenvalue weighted by atomic mass is 9.85. The quantitative estimate of drug-likeness (QED) is 0.668. The molecule has 2 N–H and O–H groups in total. The summed E-state index contributed by atoms with van der Waals surface area (Å²) >= 11 is 1.59. The van der Waals surface area contributed by atoms with Gasteiger partial charge in [-0.3, -0.25) is 0 Å². The van der Waals surface area contributed by atoms with E-state index in [4.69, 9.17) is 4.74 Å². The average molecular weight is 424 g/mol. The van der Waals surface area contributed by atoms with Crippen molar-refractivity contribution in [3.8, 4) is 5.75 Å². The predicted molar refractivity (Wildman–Crippen MR) is 113 cm³/mol. The van der Waals surface area contributed by atoms with Gasteiger partial charge in [0.25, 0.3) is 0 Å². The van der Waals surface area contributed by atoms with Crippen molar-refractivity contribution < 1.29 is 18.3 Å². The van der Waals surface area contributed by atoms with Crippen LogP contribution in [0, 0.1) is 0 Å².